The number of hydrogen-bond donors (Lipinski definition) is 0. The van der Waals surface area contributed by atoms with E-state index in [2.05, 4.69) is 5.10 Å². The fourth-order valence-corrected chi connectivity index (χ4v) is 4.86. The number of Topliss-reactive ketones (excluding diaryl/α,β-unsaturated/α-hetero) is 1. The van der Waals surface area contributed by atoms with Crippen LogP contribution in [0.5, 0.6) is 5.75 Å². The Labute approximate surface area is 198 Å². The normalized spacial score (nSPS) is 24.4. The van der Waals surface area contributed by atoms with Crippen LogP contribution >= 0.6 is 0 Å². The van der Waals surface area contributed by atoms with Crippen LogP contribution in [0.25, 0.3) is 0 Å². The summed E-state index contributed by atoms with van der Waals surface area (Å²) in [5.74, 6) is -3.73. The molecule has 0 aliphatic carbocycles. The zero-order valence-electron chi connectivity index (χ0n) is 18.3. The molecule has 0 radical (unpaired) electrons. The molecule has 0 spiro atoms. The maximum atomic E-state index is 13.6. The maximum Gasteiger partial charge on any atom is 0.308 e. The fraction of sp³-hybridized carbons (Fsp3) is 0.208. The van der Waals surface area contributed by atoms with E-state index in [4.69, 9.17) is 4.74 Å². The number of esters is 1. The van der Waals surface area contributed by atoms with E-state index in [0.717, 1.165) is 11.0 Å². The van der Waals surface area contributed by atoms with Crippen LogP contribution in [0.3, 0.4) is 0 Å². The molecule has 3 aliphatic rings. The van der Waals surface area contributed by atoms with Crippen molar-refractivity contribution in [1.82, 2.24) is 5.01 Å². The zero-order valence-corrected chi connectivity index (χ0v) is 18.3. The number of rotatable bonds is 5. The van der Waals surface area contributed by atoms with Crippen molar-refractivity contribution in [3.8, 4) is 5.75 Å². The predicted octanol–water partition coefficient (Wildman–Crippen LogP) is 2.12. The molecule has 2 aromatic rings. The van der Waals surface area contributed by atoms with Gasteiger partial charge in [-0.2, -0.15) is 5.10 Å². The number of nitro groups is 1. The Bertz CT molecular complexity index is 1330. The minimum absolute atomic E-state index is 0.0535. The molecule has 2 amide bonds. The number of anilines is 1. The minimum atomic E-state index is -1.12. The number of ketones is 1. The number of ether oxygens (including phenoxy) is 1. The summed E-state index contributed by atoms with van der Waals surface area (Å²) in [5.41, 5.74) is 0.0757. The SMILES string of the molecule is CC(=O)Oc1ccc(N2C(=O)[C@@H]3[C@H](C2=O)[C@@H]2C=CC=NN2[C@@H]3C(=O)c2cccc([N+](=O)[O-])c2)cc1. The fourth-order valence-electron chi connectivity index (χ4n) is 4.86. The van der Waals surface area contributed by atoms with Crippen LogP contribution in [0, 0.1) is 22.0 Å². The molecule has 0 unspecified atom stereocenters. The van der Waals surface area contributed by atoms with Gasteiger partial charge in [-0.3, -0.25) is 34.3 Å². The summed E-state index contributed by atoms with van der Waals surface area (Å²) in [6.07, 6.45) is 4.82. The van der Waals surface area contributed by atoms with Crippen LogP contribution in [0.4, 0.5) is 11.4 Å². The van der Waals surface area contributed by atoms with E-state index >= 15 is 0 Å². The van der Waals surface area contributed by atoms with Crippen LogP contribution in [0.15, 0.2) is 65.8 Å². The van der Waals surface area contributed by atoms with E-state index < -0.39 is 52.4 Å². The van der Waals surface area contributed by atoms with Crippen LogP contribution in [0.1, 0.15) is 17.3 Å². The van der Waals surface area contributed by atoms with Gasteiger partial charge in [0.2, 0.25) is 11.8 Å². The van der Waals surface area contributed by atoms with Crippen molar-refractivity contribution in [2.45, 2.75) is 19.0 Å². The highest BCUT2D eigenvalue weighted by Crippen LogP contribution is 2.46. The van der Waals surface area contributed by atoms with E-state index in [1.54, 1.807) is 12.2 Å². The molecule has 2 fully saturated rings. The van der Waals surface area contributed by atoms with E-state index in [-0.39, 0.29) is 22.7 Å². The number of benzene rings is 2. The third-order valence-corrected chi connectivity index (χ3v) is 6.26. The lowest BCUT2D eigenvalue weighted by Gasteiger charge is -2.30. The first kappa shape index (κ1) is 22.1. The highest BCUT2D eigenvalue weighted by molar-refractivity contribution is 6.24. The number of fused-ring (bicyclic) bond motifs is 3. The van der Waals surface area contributed by atoms with Crippen LogP contribution < -0.4 is 9.64 Å². The topological polar surface area (TPSA) is 139 Å². The average Bonchev–Trinajstić information content (AvgIpc) is 3.31. The van der Waals surface area contributed by atoms with Crippen molar-refractivity contribution < 1.29 is 28.8 Å². The van der Waals surface area contributed by atoms with Crippen molar-refractivity contribution in [3.05, 3.63) is 76.4 Å². The van der Waals surface area contributed by atoms with E-state index in [1.807, 2.05) is 0 Å². The number of carbonyl (C=O) groups excluding carboxylic acids is 4. The number of nitrogens with zero attached hydrogens (tertiary/aromatic N) is 4. The molecule has 11 heteroatoms. The summed E-state index contributed by atoms with van der Waals surface area (Å²) in [6, 6.07) is 9.42. The minimum Gasteiger partial charge on any atom is -0.427 e. The van der Waals surface area contributed by atoms with Gasteiger partial charge in [0.1, 0.15) is 11.8 Å². The Balaban J connectivity index is 1.52. The Kier molecular flexibility index (Phi) is 5.24. The molecular weight excluding hydrogens is 456 g/mol. The van der Waals surface area contributed by atoms with E-state index in [9.17, 15) is 29.3 Å². The molecule has 4 atom stereocenters. The molecule has 0 bridgehead atoms. The lowest BCUT2D eigenvalue weighted by atomic mass is 9.86. The largest absolute Gasteiger partial charge is 0.427 e. The van der Waals surface area contributed by atoms with Crippen molar-refractivity contribution in [2.75, 3.05) is 4.90 Å². The maximum absolute atomic E-state index is 13.6. The summed E-state index contributed by atoms with van der Waals surface area (Å²) in [4.78, 5) is 63.4. The van der Waals surface area contributed by atoms with Crippen molar-refractivity contribution in [2.24, 2.45) is 16.9 Å². The smallest absolute Gasteiger partial charge is 0.308 e. The van der Waals surface area contributed by atoms with Crippen LogP contribution in [-0.4, -0.2) is 51.8 Å². The van der Waals surface area contributed by atoms with E-state index in [0.29, 0.717) is 0 Å². The van der Waals surface area contributed by atoms with Crippen LogP contribution in [0.2, 0.25) is 0 Å². The molecule has 3 aliphatic heterocycles. The van der Waals surface area contributed by atoms with Gasteiger partial charge >= 0.3 is 5.97 Å². The summed E-state index contributed by atoms with van der Waals surface area (Å²) >= 11 is 0. The summed E-state index contributed by atoms with van der Waals surface area (Å²) in [7, 11) is 0. The molecular formula is C24H18N4O7. The third kappa shape index (κ3) is 3.57. The summed E-state index contributed by atoms with van der Waals surface area (Å²) in [5, 5.41) is 16.9. The zero-order chi connectivity index (χ0) is 24.9. The second kappa shape index (κ2) is 8.28. The van der Waals surface area contributed by atoms with Gasteiger partial charge in [-0.1, -0.05) is 18.2 Å². The molecule has 2 saturated heterocycles. The van der Waals surface area contributed by atoms with Gasteiger partial charge in [0.15, 0.2) is 5.78 Å². The molecule has 35 heavy (non-hydrogen) atoms. The number of amides is 2. The Hall–Kier alpha value is -4.67. The van der Waals surface area contributed by atoms with Gasteiger partial charge in [-0.15, -0.1) is 0 Å². The quantitative estimate of drug-likeness (QED) is 0.160. The monoisotopic (exact) mass is 474 g/mol. The molecule has 5 rings (SSSR count). The predicted molar refractivity (Wildman–Crippen MR) is 122 cm³/mol. The highest BCUT2D eigenvalue weighted by Gasteiger charge is 2.64. The lowest BCUT2D eigenvalue weighted by molar-refractivity contribution is -0.384. The van der Waals surface area contributed by atoms with Gasteiger partial charge < -0.3 is 4.74 Å². The van der Waals surface area contributed by atoms with Gasteiger partial charge in [0, 0.05) is 30.8 Å². The highest BCUT2D eigenvalue weighted by atomic mass is 16.6. The molecule has 3 heterocycles. The second-order valence-corrected chi connectivity index (χ2v) is 8.29. The van der Waals surface area contributed by atoms with Gasteiger partial charge in [-0.05, 0) is 30.3 Å². The first-order valence-corrected chi connectivity index (χ1v) is 10.7. The van der Waals surface area contributed by atoms with Gasteiger partial charge in [0.25, 0.3) is 5.69 Å². The standard InChI is InChI=1S/C24H18N4O7/c1-13(29)35-17-9-7-15(8-10-17)26-23(31)19-18-6-3-11-25-27(18)21(20(19)24(26)32)22(30)14-4-2-5-16(12-14)28(33)34/h2-12,18-21H,1H3/t18-,19+,20+,21-/m0/s1. The Morgan fingerprint density at radius 1 is 1.06 bits per heavy atom. The van der Waals surface area contributed by atoms with Gasteiger partial charge in [0.05, 0.1) is 28.5 Å². The summed E-state index contributed by atoms with van der Waals surface area (Å²) in [6.45, 7) is 1.26. The van der Waals surface area contributed by atoms with Crippen molar-refractivity contribution >= 4 is 41.2 Å². The average molecular weight is 474 g/mol. The second-order valence-electron chi connectivity index (χ2n) is 8.29. The van der Waals surface area contributed by atoms with Crippen molar-refractivity contribution in [3.63, 3.8) is 0 Å². The summed E-state index contributed by atoms with van der Waals surface area (Å²) < 4.78 is 5.00. The molecule has 176 valence electrons. The molecule has 0 aromatic heterocycles. The first-order chi connectivity index (χ1) is 16.8. The Morgan fingerprint density at radius 2 is 1.77 bits per heavy atom. The molecule has 0 saturated carbocycles. The van der Waals surface area contributed by atoms with Crippen molar-refractivity contribution in [1.29, 1.82) is 0 Å². The number of allylic oxidation sites excluding steroid dienone is 1. The number of non-ortho nitro benzene ring substituents is 1. The first-order valence-electron chi connectivity index (χ1n) is 10.7. The third-order valence-electron chi connectivity index (χ3n) is 6.26. The number of hydrazone groups is 1. The number of hydrogen-bond acceptors (Lipinski definition) is 9. The number of nitro benzene ring substituents is 1. The number of imide groups is 1. The molecule has 11 nitrogen and oxygen atoms in total. The molecule has 2 aromatic carbocycles. The lowest BCUT2D eigenvalue weighted by Crippen LogP contribution is -2.46. The van der Waals surface area contributed by atoms with E-state index in [1.165, 1.54) is 60.6 Å². The van der Waals surface area contributed by atoms with Gasteiger partial charge in [-0.25, -0.2) is 4.90 Å². The van der Waals surface area contributed by atoms with Crippen LogP contribution in [-0.2, 0) is 14.4 Å². The Morgan fingerprint density at radius 3 is 2.46 bits per heavy atom. The molecule has 0 N–H and O–H groups in total. The number of carbonyl (C=O) groups is 4.